The second-order valence-corrected chi connectivity index (χ2v) is 9.14. The second kappa shape index (κ2) is 17.0. The third kappa shape index (κ3) is 17.3. The lowest BCUT2D eigenvalue weighted by Crippen LogP contribution is -2.19. The summed E-state index contributed by atoms with van der Waals surface area (Å²) in [6.45, 7) is 16.8. The Balaban J connectivity index is 0.000000361. The summed E-state index contributed by atoms with van der Waals surface area (Å²) in [5.41, 5.74) is 0. The van der Waals surface area contributed by atoms with Crippen LogP contribution in [-0.2, 0) is 0 Å². The van der Waals surface area contributed by atoms with Crippen molar-refractivity contribution < 1.29 is 0 Å². The maximum atomic E-state index is 2.43. The Morgan fingerprint density at radius 2 is 1.38 bits per heavy atom. The molecule has 0 N–H and O–H groups in total. The molecule has 0 amide bonds. The van der Waals surface area contributed by atoms with Gasteiger partial charge in [0, 0.05) is 0 Å². The minimum absolute atomic E-state index is 0.846. The van der Waals surface area contributed by atoms with Gasteiger partial charge in [-0.3, -0.25) is 0 Å². The van der Waals surface area contributed by atoms with Gasteiger partial charge in [-0.05, 0) is 111 Å². The third-order valence-corrected chi connectivity index (χ3v) is 5.70. The van der Waals surface area contributed by atoms with Crippen LogP contribution in [0, 0.1) is 11.8 Å². The summed E-state index contributed by atoms with van der Waals surface area (Å²) in [5.74, 6) is 1.81. The van der Waals surface area contributed by atoms with E-state index in [4.69, 9.17) is 0 Å². The molecule has 2 rings (SSSR count). The average Bonchev–Trinajstić information content (AvgIpc) is 2.96. The van der Waals surface area contributed by atoms with E-state index < -0.39 is 0 Å². The molecule has 1 atom stereocenters. The topological polar surface area (TPSA) is 9.72 Å². The van der Waals surface area contributed by atoms with Crippen LogP contribution in [0.3, 0.4) is 0 Å². The van der Waals surface area contributed by atoms with Crippen LogP contribution in [0.15, 0.2) is 0 Å². The van der Waals surface area contributed by atoms with Crippen molar-refractivity contribution in [2.24, 2.45) is 11.8 Å². The Hall–Kier alpha value is -0.120. The van der Waals surface area contributed by atoms with Crippen LogP contribution in [0.4, 0.5) is 0 Å². The van der Waals surface area contributed by atoms with E-state index in [9.17, 15) is 0 Å². The van der Waals surface area contributed by atoms with Crippen LogP contribution in [0.5, 0.6) is 0 Å². The molecule has 1 unspecified atom stereocenters. The van der Waals surface area contributed by atoms with Crippen LogP contribution in [-0.4, -0.2) is 75.1 Å². The first-order valence-corrected chi connectivity index (χ1v) is 11.4. The van der Waals surface area contributed by atoms with Crippen LogP contribution in [0.25, 0.3) is 0 Å². The van der Waals surface area contributed by atoms with E-state index in [2.05, 4.69) is 63.5 Å². The molecule has 0 aromatic rings. The second-order valence-electron chi connectivity index (χ2n) is 9.14. The van der Waals surface area contributed by atoms with Gasteiger partial charge in [-0.25, -0.2) is 0 Å². The highest BCUT2D eigenvalue weighted by atomic mass is 15.1. The van der Waals surface area contributed by atoms with Gasteiger partial charge in [-0.1, -0.05) is 40.5 Å². The molecule has 2 saturated heterocycles. The Morgan fingerprint density at radius 3 is 1.92 bits per heavy atom. The zero-order valence-corrected chi connectivity index (χ0v) is 19.4. The fourth-order valence-corrected chi connectivity index (χ4v) is 3.27. The molecule has 2 heterocycles. The molecule has 0 aliphatic carbocycles. The van der Waals surface area contributed by atoms with E-state index in [1.165, 1.54) is 90.6 Å². The van der Waals surface area contributed by atoms with Crippen molar-refractivity contribution in [3.8, 4) is 0 Å². The van der Waals surface area contributed by atoms with Crippen molar-refractivity contribution in [3.63, 3.8) is 0 Å². The van der Waals surface area contributed by atoms with Crippen molar-refractivity contribution >= 4 is 0 Å². The summed E-state index contributed by atoms with van der Waals surface area (Å²) in [7, 11) is 6.60. The van der Waals surface area contributed by atoms with Gasteiger partial charge in [0.1, 0.15) is 0 Å². The predicted molar refractivity (Wildman–Crippen MR) is 119 cm³/mol. The van der Waals surface area contributed by atoms with Crippen LogP contribution in [0.1, 0.15) is 79.1 Å². The zero-order valence-electron chi connectivity index (χ0n) is 19.4. The van der Waals surface area contributed by atoms with E-state index >= 15 is 0 Å². The molecule has 0 bridgehead atoms. The zero-order chi connectivity index (χ0) is 19.8. The van der Waals surface area contributed by atoms with Crippen molar-refractivity contribution in [1.29, 1.82) is 0 Å². The molecule has 2 aliphatic heterocycles. The number of hydrogen-bond donors (Lipinski definition) is 0. The molecule has 0 radical (unpaired) electrons. The van der Waals surface area contributed by atoms with Gasteiger partial charge in [0.15, 0.2) is 0 Å². The summed E-state index contributed by atoms with van der Waals surface area (Å²) < 4.78 is 0. The Bertz CT molecular complexity index is 275. The minimum atomic E-state index is 0.846. The van der Waals surface area contributed by atoms with Gasteiger partial charge in [-0.2, -0.15) is 0 Å². The van der Waals surface area contributed by atoms with Crippen molar-refractivity contribution in [2.75, 3.05) is 60.4 Å². The first-order valence-electron chi connectivity index (χ1n) is 11.4. The highest BCUT2D eigenvalue weighted by Gasteiger charge is 2.09. The molecule has 158 valence electrons. The van der Waals surface area contributed by atoms with E-state index in [0.717, 1.165) is 11.8 Å². The minimum Gasteiger partial charge on any atom is -0.307 e. The molecule has 0 saturated carbocycles. The first kappa shape index (κ1) is 25.9. The highest BCUT2D eigenvalue weighted by Crippen LogP contribution is 2.14. The molecule has 26 heavy (non-hydrogen) atoms. The van der Waals surface area contributed by atoms with Crippen molar-refractivity contribution in [2.45, 2.75) is 79.1 Å². The Labute approximate surface area is 166 Å². The number of hydrogen-bond acceptors (Lipinski definition) is 3. The smallest absolute Gasteiger partial charge is 0.00192 e. The lowest BCUT2D eigenvalue weighted by atomic mass is 10.0. The highest BCUT2D eigenvalue weighted by molar-refractivity contribution is 4.63. The summed E-state index contributed by atoms with van der Waals surface area (Å²) in [6, 6.07) is 0. The van der Waals surface area contributed by atoms with E-state index in [-0.39, 0.29) is 0 Å². The summed E-state index contributed by atoms with van der Waals surface area (Å²) in [6.07, 6.45) is 11.3. The summed E-state index contributed by atoms with van der Waals surface area (Å²) in [5, 5.41) is 0. The monoisotopic (exact) mass is 369 g/mol. The molecule has 3 nitrogen and oxygen atoms in total. The Morgan fingerprint density at radius 1 is 0.846 bits per heavy atom. The van der Waals surface area contributed by atoms with E-state index in [1.54, 1.807) is 0 Å². The van der Waals surface area contributed by atoms with Crippen LogP contribution < -0.4 is 0 Å². The molecule has 0 spiro atoms. The SMILES string of the molecule is CC1CCCN(C)CC1.CCN(C)CCC(C)C.CN1CCCCCC1. The lowest BCUT2D eigenvalue weighted by Gasteiger charge is -2.14. The molecule has 3 heteroatoms. The quantitative estimate of drug-likeness (QED) is 0.673. The fraction of sp³-hybridized carbons (Fsp3) is 1.00. The lowest BCUT2D eigenvalue weighted by molar-refractivity contribution is 0.326. The molecule has 0 aromatic heterocycles. The van der Waals surface area contributed by atoms with Crippen molar-refractivity contribution in [3.05, 3.63) is 0 Å². The van der Waals surface area contributed by atoms with Crippen LogP contribution >= 0.6 is 0 Å². The molecule has 2 fully saturated rings. The Kier molecular flexibility index (Phi) is 16.9. The van der Waals surface area contributed by atoms with Gasteiger partial charge < -0.3 is 14.7 Å². The van der Waals surface area contributed by atoms with Gasteiger partial charge in [0.05, 0.1) is 0 Å². The largest absolute Gasteiger partial charge is 0.307 e. The predicted octanol–water partition coefficient (Wildman–Crippen LogP) is 5.21. The molecular formula is C23H51N3. The van der Waals surface area contributed by atoms with Crippen LogP contribution in [0.2, 0.25) is 0 Å². The molecule has 0 aromatic carbocycles. The number of rotatable bonds is 4. The standard InChI is InChI=1S/C8H17N.C8H19N.C7H15N/c1-8-4-3-6-9(2)7-5-8;1-5-9(4)7-6-8(2)3;1-8-6-4-2-3-5-7-8/h8H,3-7H2,1-2H3;8H,5-7H2,1-4H3;2-7H2,1H3. The molecule has 2 aliphatic rings. The molecular weight excluding hydrogens is 318 g/mol. The fourth-order valence-electron chi connectivity index (χ4n) is 3.27. The van der Waals surface area contributed by atoms with Gasteiger partial charge in [0.2, 0.25) is 0 Å². The van der Waals surface area contributed by atoms with Gasteiger partial charge >= 0.3 is 0 Å². The third-order valence-electron chi connectivity index (χ3n) is 5.70. The van der Waals surface area contributed by atoms with Crippen molar-refractivity contribution in [1.82, 2.24) is 14.7 Å². The summed E-state index contributed by atoms with van der Waals surface area (Å²) >= 11 is 0. The first-order chi connectivity index (χ1) is 12.3. The number of nitrogens with zero attached hydrogens (tertiary/aromatic N) is 3. The van der Waals surface area contributed by atoms with Gasteiger partial charge in [-0.15, -0.1) is 0 Å². The maximum absolute atomic E-state index is 2.43. The van der Waals surface area contributed by atoms with Gasteiger partial charge in [0.25, 0.3) is 0 Å². The van der Waals surface area contributed by atoms with E-state index in [0.29, 0.717) is 0 Å². The average molecular weight is 370 g/mol. The maximum Gasteiger partial charge on any atom is -0.00192 e. The number of likely N-dealkylation sites (tertiary alicyclic amines) is 2. The normalized spacial score (nSPS) is 22.7. The summed E-state index contributed by atoms with van der Waals surface area (Å²) in [4.78, 5) is 7.20. The van der Waals surface area contributed by atoms with E-state index in [1.807, 2.05) is 0 Å².